The van der Waals surface area contributed by atoms with Gasteiger partial charge in [-0.25, -0.2) is 14.8 Å². The minimum absolute atomic E-state index is 0.313. The second-order valence-electron chi connectivity index (χ2n) is 6.66. The Kier molecular flexibility index (Phi) is 5.44. The number of urea groups is 1. The monoisotopic (exact) mass is 405 g/mol. The van der Waals surface area contributed by atoms with Crippen molar-refractivity contribution in [2.75, 3.05) is 11.9 Å². The Labute approximate surface area is 173 Å². The number of aryl methyl sites for hydroxylation is 1. The smallest absolute Gasteiger partial charge is 0.319 e. The Morgan fingerprint density at radius 3 is 2.66 bits per heavy atom. The number of para-hydroxylation sites is 1. The standard InChI is InChI=1S/C22H20ClN5O/c1-15-8-10-16(11-9-15)20-26-19-7-4-12-24-21(19)28(20)14-13-25-22(29)27-18-6-3-2-5-17(18)23/h2-12H,13-14H2,1H3,(H2,25,27,29). The number of rotatable bonds is 5. The molecule has 0 spiro atoms. The maximum Gasteiger partial charge on any atom is 0.319 e. The van der Waals surface area contributed by atoms with Gasteiger partial charge in [0.25, 0.3) is 0 Å². The minimum atomic E-state index is -0.313. The first-order valence-electron chi connectivity index (χ1n) is 9.29. The van der Waals surface area contributed by atoms with E-state index in [9.17, 15) is 4.79 Å². The van der Waals surface area contributed by atoms with Crippen LogP contribution >= 0.6 is 11.6 Å². The van der Waals surface area contributed by atoms with Gasteiger partial charge in [0.15, 0.2) is 5.65 Å². The highest BCUT2D eigenvalue weighted by Gasteiger charge is 2.13. The maximum atomic E-state index is 12.2. The third-order valence-corrected chi connectivity index (χ3v) is 4.89. The van der Waals surface area contributed by atoms with Crippen LogP contribution in [0.2, 0.25) is 5.02 Å². The molecule has 0 aliphatic carbocycles. The largest absolute Gasteiger partial charge is 0.336 e. The predicted molar refractivity (Wildman–Crippen MR) is 116 cm³/mol. The topological polar surface area (TPSA) is 71.8 Å². The van der Waals surface area contributed by atoms with Gasteiger partial charge in [0.05, 0.1) is 10.7 Å². The van der Waals surface area contributed by atoms with E-state index in [0.29, 0.717) is 23.8 Å². The minimum Gasteiger partial charge on any atom is -0.336 e. The van der Waals surface area contributed by atoms with Crippen LogP contribution in [0, 0.1) is 6.92 Å². The van der Waals surface area contributed by atoms with Crippen LogP contribution in [0.5, 0.6) is 0 Å². The van der Waals surface area contributed by atoms with Crippen LogP contribution in [-0.4, -0.2) is 27.1 Å². The molecule has 0 radical (unpaired) electrons. The van der Waals surface area contributed by atoms with Crippen LogP contribution < -0.4 is 10.6 Å². The van der Waals surface area contributed by atoms with Gasteiger partial charge < -0.3 is 15.2 Å². The highest BCUT2D eigenvalue weighted by Crippen LogP contribution is 2.24. The third-order valence-electron chi connectivity index (χ3n) is 4.56. The normalized spacial score (nSPS) is 10.8. The van der Waals surface area contributed by atoms with Crippen molar-refractivity contribution in [3.05, 3.63) is 77.4 Å². The molecule has 4 rings (SSSR count). The van der Waals surface area contributed by atoms with E-state index in [2.05, 4.69) is 34.7 Å². The van der Waals surface area contributed by atoms with Crippen molar-refractivity contribution in [1.82, 2.24) is 19.9 Å². The number of nitrogens with one attached hydrogen (secondary N) is 2. The Balaban J connectivity index is 1.51. The number of aromatic nitrogens is 3. The molecule has 2 N–H and O–H groups in total. The number of hydrogen-bond donors (Lipinski definition) is 2. The van der Waals surface area contributed by atoms with Crippen LogP contribution in [0.25, 0.3) is 22.6 Å². The number of anilines is 1. The van der Waals surface area contributed by atoms with Gasteiger partial charge in [0.2, 0.25) is 0 Å². The van der Waals surface area contributed by atoms with Crippen LogP contribution in [0.4, 0.5) is 10.5 Å². The number of hydrogen-bond acceptors (Lipinski definition) is 3. The molecule has 2 heterocycles. The molecule has 6 nitrogen and oxygen atoms in total. The lowest BCUT2D eigenvalue weighted by Gasteiger charge is -2.11. The second-order valence-corrected chi connectivity index (χ2v) is 7.07. The molecule has 0 aliphatic rings. The molecule has 4 aromatic rings. The zero-order valence-corrected chi connectivity index (χ0v) is 16.6. The van der Waals surface area contributed by atoms with Crippen LogP contribution in [0.3, 0.4) is 0 Å². The van der Waals surface area contributed by atoms with Gasteiger partial charge in [-0.1, -0.05) is 53.6 Å². The summed E-state index contributed by atoms with van der Waals surface area (Å²) in [6.45, 7) is 3.00. The fourth-order valence-electron chi connectivity index (χ4n) is 3.10. The molecule has 0 aliphatic heterocycles. The number of carbonyl (C=O) groups excluding carboxylic acids is 1. The lowest BCUT2D eigenvalue weighted by atomic mass is 10.1. The molecule has 0 fully saturated rings. The molecule has 0 bridgehead atoms. The van der Waals surface area contributed by atoms with Gasteiger partial charge in [-0.15, -0.1) is 0 Å². The third kappa shape index (κ3) is 4.22. The van der Waals surface area contributed by atoms with Crippen molar-refractivity contribution in [2.45, 2.75) is 13.5 Å². The van der Waals surface area contributed by atoms with E-state index in [-0.39, 0.29) is 6.03 Å². The molecule has 0 atom stereocenters. The molecule has 0 saturated carbocycles. The van der Waals surface area contributed by atoms with Crippen LogP contribution in [-0.2, 0) is 6.54 Å². The van der Waals surface area contributed by atoms with E-state index in [0.717, 1.165) is 22.6 Å². The maximum absolute atomic E-state index is 12.2. The molecule has 2 amide bonds. The predicted octanol–water partition coefficient (Wildman–Crippen LogP) is 4.88. The summed E-state index contributed by atoms with van der Waals surface area (Å²) < 4.78 is 2.02. The summed E-state index contributed by atoms with van der Waals surface area (Å²) >= 11 is 6.09. The van der Waals surface area contributed by atoms with Crippen LogP contribution in [0.1, 0.15) is 5.56 Å². The summed E-state index contributed by atoms with van der Waals surface area (Å²) in [5.74, 6) is 0.826. The van der Waals surface area contributed by atoms with Crippen LogP contribution in [0.15, 0.2) is 66.9 Å². The molecule has 7 heteroatoms. The average molecular weight is 406 g/mol. The molecule has 29 heavy (non-hydrogen) atoms. The molecule has 0 saturated heterocycles. The van der Waals surface area contributed by atoms with E-state index < -0.39 is 0 Å². The quantitative estimate of drug-likeness (QED) is 0.497. The molecular weight excluding hydrogens is 386 g/mol. The van der Waals surface area contributed by atoms with Crippen molar-refractivity contribution >= 4 is 34.5 Å². The van der Waals surface area contributed by atoms with Gasteiger partial charge >= 0.3 is 6.03 Å². The average Bonchev–Trinajstić information content (AvgIpc) is 3.09. The molecular formula is C22H20ClN5O. The Bertz CT molecular complexity index is 1150. The van der Waals surface area contributed by atoms with Crippen molar-refractivity contribution in [3.8, 4) is 11.4 Å². The number of halogens is 1. The van der Waals surface area contributed by atoms with E-state index in [1.54, 1.807) is 18.3 Å². The van der Waals surface area contributed by atoms with Crippen molar-refractivity contribution in [1.29, 1.82) is 0 Å². The number of benzene rings is 2. The highest BCUT2D eigenvalue weighted by molar-refractivity contribution is 6.33. The fraction of sp³-hybridized carbons (Fsp3) is 0.136. The number of fused-ring (bicyclic) bond motifs is 1. The summed E-state index contributed by atoms with van der Waals surface area (Å²) in [6, 6.07) is 18.8. The first-order valence-corrected chi connectivity index (χ1v) is 9.67. The summed E-state index contributed by atoms with van der Waals surface area (Å²) in [5.41, 5.74) is 4.38. The van der Waals surface area contributed by atoms with Gasteiger partial charge in [0.1, 0.15) is 11.3 Å². The van der Waals surface area contributed by atoms with E-state index >= 15 is 0 Å². The number of pyridine rings is 1. The summed E-state index contributed by atoms with van der Waals surface area (Å²) in [7, 11) is 0. The van der Waals surface area contributed by atoms with Gasteiger partial charge in [0, 0.05) is 24.8 Å². The summed E-state index contributed by atoms with van der Waals surface area (Å²) in [4.78, 5) is 21.4. The zero-order valence-electron chi connectivity index (χ0n) is 15.9. The Morgan fingerprint density at radius 1 is 1.07 bits per heavy atom. The molecule has 2 aromatic heterocycles. The Morgan fingerprint density at radius 2 is 1.86 bits per heavy atom. The van der Waals surface area contributed by atoms with E-state index in [1.807, 2.05) is 41.0 Å². The van der Waals surface area contributed by atoms with E-state index in [1.165, 1.54) is 5.56 Å². The lowest BCUT2D eigenvalue weighted by molar-refractivity contribution is 0.251. The Hall–Kier alpha value is -3.38. The molecule has 2 aromatic carbocycles. The number of carbonyl (C=O) groups is 1. The van der Waals surface area contributed by atoms with Crippen molar-refractivity contribution in [3.63, 3.8) is 0 Å². The summed E-state index contributed by atoms with van der Waals surface area (Å²) in [5, 5.41) is 6.12. The SMILES string of the molecule is Cc1ccc(-c2nc3cccnc3n2CCNC(=O)Nc2ccccc2Cl)cc1. The number of nitrogens with zero attached hydrogens (tertiary/aromatic N) is 3. The van der Waals surface area contributed by atoms with Gasteiger partial charge in [-0.3, -0.25) is 0 Å². The number of amides is 2. The van der Waals surface area contributed by atoms with Crippen molar-refractivity contribution < 1.29 is 4.79 Å². The first kappa shape index (κ1) is 19.0. The van der Waals surface area contributed by atoms with Gasteiger partial charge in [-0.2, -0.15) is 0 Å². The molecule has 0 unspecified atom stereocenters. The highest BCUT2D eigenvalue weighted by atomic mass is 35.5. The molecule has 146 valence electrons. The van der Waals surface area contributed by atoms with E-state index in [4.69, 9.17) is 16.6 Å². The van der Waals surface area contributed by atoms with Crippen molar-refractivity contribution in [2.24, 2.45) is 0 Å². The summed E-state index contributed by atoms with van der Waals surface area (Å²) in [6.07, 6.45) is 1.75. The van der Waals surface area contributed by atoms with Gasteiger partial charge in [-0.05, 0) is 31.2 Å². The zero-order chi connectivity index (χ0) is 20.2. The fourth-order valence-corrected chi connectivity index (χ4v) is 3.29. The second kappa shape index (κ2) is 8.32. The number of imidazole rings is 1. The first-order chi connectivity index (χ1) is 14.1. The lowest BCUT2D eigenvalue weighted by Crippen LogP contribution is -2.31.